The molecule has 0 unspecified atom stereocenters. The van der Waals surface area contributed by atoms with Gasteiger partial charge in [-0.05, 0) is 33.3 Å². The first kappa shape index (κ1) is 15.4. The van der Waals surface area contributed by atoms with Crippen molar-refractivity contribution in [2.75, 3.05) is 0 Å². The van der Waals surface area contributed by atoms with Gasteiger partial charge in [-0.3, -0.25) is 0 Å². The van der Waals surface area contributed by atoms with Crippen LogP contribution in [0.25, 0.3) is 0 Å². The predicted molar refractivity (Wildman–Crippen MR) is 67.2 cm³/mol. The minimum atomic E-state index is 0.917. The van der Waals surface area contributed by atoms with Crippen molar-refractivity contribution in [3.05, 3.63) is 61.4 Å². The molecule has 0 heteroatoms. The van der Waals surface area contributed by atoms with Gasteiger partial charge in [0.15, 0.2) is 0 Å². The number of rotatable bonds is 0. The highest BCUT2D eigenvalue weighted by Crippen LogP contribution is 1.99. The van der Waals surface area contributed by atoms with Gasteiger partial charge >= 0.3 is 0 Å². The van der Waals surface area contributed by atoms with Crippen LogP contribution < -0.4 is 0 Å². The normalized spacial score (nSPS) is 7.57. The molecule has 0 fully saturated rings. The minimum absolute atomic E-state index is 0.917. The van der Waals surface area contributed by atoms with E-state index in [1.165, 1.54) is 5.56 Å². The Morgan fingerprint density at radius 3 is 1.57 bits per heavy atom. The molecule has 1 rings (SSSR count). The molecule has 0 bridgehead atoms. The Kier molecular flexibility index (Phi) is 11.1. The molecular weight excluding hydrogens is 168 g/mol. The Labute approximate surface area is 89.7 Å². The molecule has 0 spiro atoms. The molecule has 0 aliphatic rings. The number of aryl methyl sites for hydroxylation is 1. The van der Waals surface area contributed by atoms with Crippen LogP contribution in [0.5, 0.6) is 0 Å². The van der Waals surface area contributed by atoms with Gasteiger partial charge in [0.1, 0.15) is 0 Å². The average molecular weight is 190 g/mol. The summed E-state index contributed by atoms with van der Waals surface area (Å²) < 4.78 is 0. The lowest BCUT2D eigenvalue weighted by atomic mass is 10.2. The fraction of sp³-hybridized carbons (Fsp3) is 0.286. The molecule has 0 aromatic heterocycles. The Hall–Kier alpha value is -1.04. The van der Waals surface area contributed by atoms with Crippen LogP contribution >= 0.6 is 0 Å². The summed E-state index contributed by atoms with van der Waals surface area (Å²) in [6.07, 6.45) is 0. The maximum absolute atomic E-state index is 3.76. The molecule has 0 aliphatic heterocycles. The second-order valence-electron chi connectivity index (χ2n) is 2.94. The third-order valence-corrected chi connectivity index (χ3v) is 1.12. The smallest absolute Gasteiger partial charge is 0.0238 e. The van der Waals surface area contributed by atoms with Gasteiger partial charge in [0.25, 0.3) is 0 Å². The van der Waals surface area contributed by atoms with E-state index in [0.29, 0.717) is 0 Å². The number of hydrogen-bond donors (Lipinski definition) is 0. The van der Waals surface area contributed by atoms with Crippen LogP contribution in [0.4, 0.5) is 0 Å². The van der Waals surface area contributed by atoms with Crippen molar-refractivity contribution >= 4 is 0 Å². The maximum Gasteiger partial charge on any atom is -0.0238 e. The highest BCUT2D eigenvalue weighted by Gasteiger charge is 1.80. The zero-order valence-corrected chi connectivity index (χ0v) is 9.93. The van der Waals surface area contributed by atoms with E-state index in [-0.39, 0.29) is 0 Å². The molecule has 1 aromatic rings. The topological polar surface area (TPSA) is 0 Å². The Morgan fingerprint density at radius 2 is 1.36 bits per heavy atom. The van der Waals surface area contributed by atoms with Crippen LogP contribution in [0.1, 0.15) is 31.9 Å². The van der Waals surface area contributed by atoms with Crippen molar-refractivity contribution in [3.63, 3.8) is 0 Å². The maximum atomic E-state index is 3.76. The molecule has 0 atom stereocenters. The van der Waals surface area contributed by atoms with Gasteiger partial charge in [-0.1, -0.05) is 49.2 Å². The zero-order chi connectivity index (χ0) is 11.6. The number of allylic oxidation sites excluding steroid dienone is 1. The summed E-state index contributed by atoms with van der Waals surface area (Å²) in [7, 11) is 0. The van der Waals surface area contributed by atoms with E-state index in [2.05, 4.69) is 39.5 Å². The molecule has 14 heavy (non-hydrogen) atoms. The van der Waals surface area contributed by atoms with Crippen molar-refractivity contribution in [1.82, 2.24) is 0 Å². The molecule has 0 aliphatic carbocycles. The van der Waals surface area contributed by atoms with Crippen molar-refractivity contribution in [2.24, 2.45) is 0 Å². The molecule has 78 valence electrons. The Morgan fingerprint density at radius 1 is 1.07 bits per heavy atom. The molecule has 0 amide bonds. The summed E-state index contributed by atoms with van der Waals surface area (Å²) >= 11 is 0. The molecular formula is C14H22. The van der Waals surface area contributed by atoms with Crippen molar-refractivity contribution in [3.8, 4) is 0 Å². The zero-order valence-electron chi connectivity index (χ0n) is 9.93. The van der Waals surface area contributed by atoms with Crippen molar-refractivity contribution in [1.29, 1.82) is 0 Å². The first-order valence-corrected chi connectivity index (χ1v) is 4.88. The van der Waals surface area contributed by atoms with Crippen molar-refractivity contribution < 1.29 is 0 Å². The Bertz CT molecular complexity index is 204. The summed E-state index contributed by atoms with van der Waals surface area (Å²) in [6, 6.07) is 8.13. The third-order valence-electron chi connectivity index (χ3n) is 1.12. The largest absolute Gasteiger partial charge is 0.100 e. The van der Waals surface area contributed by atoms with Crippen LogP contribution in [-0.4, -0.2) is 0 Å². The van der Waals surface area contributed by atoms with Gasteiger partial charge < -0.3 is 0 Å². The molecule has 1 aromatic carbocycles. The molecule has 0 nitrogen and oxygen atoms in total. The highest BCUT2D eigenvalue weighted by molar-refractivity contribution is 5.22. The van der Waals surface area contributed by atoms with Crippen LogP contribution in [0, 0.1) is 20.8 Å². The number of hydrogen-bond acceptors (Lipinski definition) is 0. The summed E-state index contributed by atoms with van der Waals surface area (Å²) in [4.78, 5) is 0. The van der Waals surface area contributed by atoms with Crippen LogP contribution in [0.15, 0.2) is 36.4 Å². The van der Waals surface area contributed by atoms with Gasteiger partial charge in [0.05, 0.1) is 0 Å². The van der Waals surface area contributed by atoms with E-state index < -0.39 is 0 Å². The van der Waals surface area contributed by atoms with Crippen molar-refractivity contribution in [2.45, 2.75) is 27.7 Å². The SMILES string of the molecule is CC.[CH2]C(=C)C.[CH2]c1ccc(C)cc1. The minimum Gasteiger partial charge on any atom is -0.100 e. The predicted octanol–water partition coefficient (Wildman–Crippen LogP) is 4.60. The second kappa shape index (κ2) is 10.0. The molecule has 2 radical (unpaired) electrons. The first-order chi connectivity index (χ1) is 6.52. The fourth-order valence-electron chi connectivity index (χ4n) is 0.588. The lowest BCUT2D eigenvalue weighted by Gasteiger charge is -1.89. The van der Waals surface area contributed by atoms with Gasteiger partial charge in [-0.25, -0.2) is 0 Å². The lowest BCUT2D eigenvalue weighted by molar-refractivity contribution is 1.45. The standard InChI is InChI=1S/C8H9.C4H7.C2H6/c1-7-3-5-8(2)6-4-7;1-4(2)3;1-2/h3-6H,1H2,2H3;1-2H2,3H3;1-2H3. The van der Waals surface area contributed by atoms with E-state index in [1.54, 1.807) is 0 Å². The summed E-state index contributed by atoms with van der Waals surface area (Å²) in [6.45, 7) is 18.6. The average Bonchev–Trinajstić information content (AvgIpc) is 2.13. The summed E-state index contributed by atoms with van der Waals surface area (Å²) in [5.74, 6) is 0. The third kappa shape index (κ3) is 13.5. The van der Waals surface area contributed by atoms with E-state index in [1.807, 2.05) is 32.9 Å². The van der Waals surface area contributed by atoms with Gasteiger partial charge in [-0.2, -0.15) is 0 Å². The van der Waals surface area contributed by atoms with Gasteiger partial charge in [0, 0.05) is 0 Å². The van der Waals surface area contributed by atoms with E-state index in [4.69, 9.17) is 0 Å². The summed E-state index contributed by atoms with van der Waals surface area (Å²) in [5, 5.41) is 0. The van der Waals surface area contributed by atoms with E-state index in [9.17, 15) is 0 Å². The monoisotopic (exact) mass is 190 g/mol. The van der Waals surface area contributed by atoms with Crippen LogP contribution in [0.3, 0.4) is 0 Å². The lowest BCUT2D eigenvalue weighted by Crippen LogP contribution is -1.70. The Balaban J connectivity index is 0. The van der Waals surface area contributed by atoms with E-state index >= 15 is 0 Å². The van der Waals surface area contributed by atoms with Crippen LogP contribution in [0.2, 0.25) is 0 Å². The molecule has 0 heterocycles. The van der Waals surface area contributed by atoms with E-state index in [0.717, 1.165) is 11.1 Å². The molecule has 0 saturated heterocycles. The van der Waals surface area contributed by atoms with Crippen LogP contribution in [-0.2, 0) is 0 Å². The number of benzene rings is 1. The summed E-state index contributed by atoms with van der Waals surface area (Å²) in [5.41, 5.74) is 3.29. The van der Waals surface area contributed by atoms with Gasteiger partial charge in [0.2, 0.25) is 0 Å². The van der Waals surface area contributed by atoms with Gasteiger partial charge in [-0.15, -0.1) is 6.58 Å². The second-order valence-corrected chi connectivity index (χ2v) is 2.94. The first-order valence-electron chi connectivity index (χ1n) is 4.88. The quantitative estimate of drug-likeness (QED) is 0.561. The highest BCUT2D eigenvalue weighted by atomic mass is 13.9. The fourth-order valence-corrected chi connectivity index (χ4v) is 0.588. The molecule has 0 N–H and O–H groups in total. The molecule has 0 saturated carbocycles.